The molecule has 0 saturated carbocycles. The smallest absolute Gasteiger partial charge is 0.161 e. The summed E-state index contributed by atoms with van der Waals surface area (Å²) in [5.74, 6) is 2.72. The lowest BCUT2D eigenvalue weighted by atomic mass is 10.1. The summed E-state index contributed by atoms with van der Waals surface area (Å²) < 4.78 is 22.4. The molecule has 4 rings (SSSR count). The van der Waals surface area contributed by atoms with Crippen LogP contribution in [0, 0.1) is 0 Å². The first kappa shape index (κ1) is 19.5. The van der Waals surface area contributed by atoms with Crippen molar-refractivity contribution >= 4 is 11.0 Å². The molecule has 30 heavy (non-hydrogen) atoms. The Morgan fingerprint density at radius 1 is 0.900 bits per heavy atom. The molecule has 0 amide bonds. The van der Waals surface area contributed by atoms with Crippen LogP contribution in [0.4, 0.5) is 0 Å². The molecule has 0 bridgehead atoms. The monoisotopic (exact) mass is 402 g/mol. The van der Waals surface area contributed by atoms with E-state index in [-0.39, 0.29) is 0 Å². The highest BCUT2D eigenvalue weighted by Gasteiger charge is 2.11. The van der Waals surface area contributed by atoms with Crippen molar-refractivity contribution in [3.8, 4) is 28.6 Å². The number of hydrogen-bond donors (Lipinski definition) is 0. The normalized spacial score (nSPS) is 11.5. The lowest BCUT2D eigenvalue weighted by molar-refractivity contribution is 0.355. The standard InChI is InChI=1S/C24H22N2O4/c1-27-18-7-9-21-19(12-18)20(26-15-16-5-4-10-25-14-16)13-23(30-21)17-6-8-22(28-2)24(11-17)29-3/h4-14H,15H2,1-3H3. The van der Waals surface area contributed by atoms with Gasteiger partial charge in [-0.3, -0.25) is 9.98 Å². The summed E-state index contributed by atoms with van der Waals surface area (Å²) in [6, 6.07) is 17.2. The zero-order chi connectivity index (χ0) is 20.9. The molecule has 2 heterocycles. The third kappa shape index (κ3) is 3.98. The van der Waals surface area contributed by atoms with E-state index in [0.29, 0.717) is 29.4 Å². The van der Waals surface area contributed by atoms with E-state index >= 15 is 0 Å². The zero-order valence-corrected chi connectivity index (χ0v) is 17.1. The summed E-state index contributed by atoms with van der Waals surface area (Å²) in [5, 5.41) is 1.69. The topological polar surface area (TPSA) is 66.1 Å². The Kier molecular flexibility index (Phi) is 5.66. The molecule has 0 N–H and O–H groups in total. The summed E-state index contributed by atoms with van der Waals surface area (Å²) >= 11 is 0. The Morgan fingerprint density at radius 2 is 1.77 bits per heavy atom. The highest BCUT2D eigenvalue weighted by molar-refractivity contribution is 5.80. The highest BCUT2D eigenvalue weighted by atomic mass is 16.5. The van der Waals surface area contributed by atoms with Crippen molar-refractivity contribution in [3.63, 3.8) is 0 Å². The maximum atomic E-state index is 6.19. The van der Waals surface area contributed by atoms with E-state index in [0.717, 1.165) is 27.6 Å². The van der Waals surface area contributed by atoms with E-state index in [1.807, 2.05) is 60.8 Å². The molecule has 0 aliphatic carbocycles. The first-order valence-corrected chi connectivity index (χ1v) is 9.45. The second-order valence-corrected chi connectivity index (χ2v) is 6.61. The van der Waals surface area contributed by atoms with Crippen LogP contribution in [-0.2, 0) is 6.54 Å². The van der Waals surface area contributed by atoms with Gasteiger partial charge in [0.1, 0.15) is 17.1 Å². The van der Waals surface area contributed by atoms with Crippen molar-refractivity contribution < 1.29 is 18.6 Å². The van der Waals surface area contributed by atoms with Crippen LogP contribution in [-0.4, -0.2) is 26.3 Å². The molecule has 6 nitrogen and oxygen atoms in total. The van der Waals surface area contributed by atoms with Gasteiger partial charge in [-0.15, -0.1) is 0 Å². The fraction of sp³-hybridized carbons (Fsp3) is 0.167. The molecular formula is C24H22N2O4. The van der Waals surface area contributed by atoms with Gasteiger partial charge >= 0.3 is 0 Å². The number of benzene rings is 2. The number of ether oxygens (including phenoxy) is 3. The van der Waals surface area contributed by atoms with E-state index in [4.69, 9.17) is 23.6 Å². The zero-order valence-electron chi connectivity index (χ0n) is 17.1. The number of pyridine rings is 1. The van der Waals surface area contributed by atoms with E-state index < -0.39 is 0 Å². The lowest BCUT2D eigenvalue weighted by Crippen LogP contribution is -2.05. The number of aromatic nitrogens is 1. The fourth-order valence-electron chi connectivity index (χ4n) is 3.21. The summed E-state index contributed by atoms with van der Waals surface area (Å²) in [6.07, 6.45) is 3.56. The molecule has 6 heteroatoms. The Morgan fingerprint density at radius 3 is 2.50 bits per heavy atom. The van der Waals surface area contributed by atoms with Gasteiger partial charge < -0.3 is 18.6 Å². The average molecular weight is 402 g/mol. The Hall–Kier alpha value is -3.80. The molecule has 0 aliphatic heterocycles. The lowest BCUT2D eigenvalue weighted by Gasteiger charge is -2.10. The molecule has 0 spiro atoms. The molecule has 0 radical (unpaired) electrons. The molecule has 0 aliphatic rings. The molecule has 2 aromatic heterocycles. The average Bonchev–Trinajstić information content (AvgIpc) is 2.82. The van der Waals surface area contributed by atoms with Crippen LogP contribution in [0.3, 0.4) is 0 Å². The van der Waals surface area contributed by atoms with Crippen LogP contribution in [0.2, 0.25) is 0 Å². The number of hydrogen-bond acceptors (Lipinski definition) is 6. The second kappa shape index (κ2) is 8.69. The van der Waals surface area contributed by atoms with Crippen LogP contribution in [0.15, 0.2) is 76.4 Å². The van der Waals surface area contributed by atoms with E-state index in [1.165, 1.54) is 0 Å². The van der Waals surface area contributed by atoms with E-state index in [2.05, 4.69) is 4.98 Å². The third-order valence-corrected chi connectivity index (χ3v) is 4.77. The van der Waals surface area contributed by atoms with Crippen molar-refractivity contribution in [1.29, 1.82) is 0 Å². The molecule has 2 aromatic carbocycles. The van der Waals surface area contributed by atoms with Crippen LogP contribution in [0.1, 0.15) is 5.56 Å². The molecule has 4 aromatic rings. The molecule has 152 valence electrons. The molecule has 0 unspecified atom stereocenters. The van der Waals surface area contributed by atoms with Crippen LogP contribution in [0.25, 0.3) is 22.3 Å². The van der Waals surface area contributed by atoms with E-state index in [9.17, 15) is 0 Å². The summed E-state index contributed by atoms with van der Waals surface area (Å²) in [5.41, 5.74) is 2.61. The molecule has 0 saturated heterocycles. The van der Waals surface area contributed by atoms with Gasteiger partial charge in [-0.25, -0.2) is 0 Å². The fourth-order valence-corrected chi connectivity index (χ4v) is 3.21. The van der Waals surface area contributed by atoms with Gasteiger partial charge in [-0.1, -0.05) is 6.07 Å². The van der Waals surface area contributed by atoms with Crippen molar-refractivity contribution in [2.45, 2.75) is 6.54 Å². The number of nitrogens with zero attached hydrogens (tertiary/aromatic N) is 2. The Labute approximate surface area is 174 Å². The van der Waals surface area contributed by atoms with Gasteiger partial charge in [0.15, 0.2) is 11.5 Å². The van der Waals surface area contributed by atoms with Crippen LogP contribution < -0.4 is 19.6 Å². The molecular weight excluding hydrogens is 380 g/mol. The maximum Gasteiger partial charge on any atom is 0.161 e. The van der Waals surface area contributed by atoms with Crippen molar-refractivity contribution in [3.05, 3.63) is 77.9 Å². The molecule has 0 fully saturated rings. The van der Waals surface area contributed by atoms with Gasteiger partial charge in [-0.2, -0.15) is 0 Å². The van der Waals surface area contributed by atoms with Crippen molar-refractivity contribution in [2.24, 2.45) is 4.99 Å². The minimum Gasteiger partial charge on any atom is -0.497 e. The quantitative estimate of drug-likeness (QED) is 0.471. The predicted molar refractivity (Wildman–Crippen MR) is 115 cm³/mol. The minimum absolute atomic E-state index is 0.509. The largest absolute Gasteiger partial charge is 0.497 e. The van der Waals surface area contributed by atoms with Crippen LogP contribution in [0.5, 0.6) is 17.2 Å². The van der Waals surface area contributed by atoms with E-state index in [1.54, 1.807) is 27.5 Å². The Bertz CT molecular complexity index is 1230. The summed E-state index contributed by atoms with van der Waals surface area (Å²) in [7, 11) is 4.86. The summed E-state index contributed by atoms with van der Waals surface area (Å²) in [6.45, 7) is 0.509. The van der Waals surface area contributed by atoms with Gasteiger partial charge in [0, 0.05) is 29.4 Å². The summed E-state index contributed by atoms with van der Waals surface area (Å²) in [4.78, 5) is 8.99. The number of rotatable bonds is 6. The minimum atomic E-state index is 0.509. The maximum absolute atomic E-state index is 6.19. The Balaban J connectivity index is 1.88. The van der Waals surface area contributed by atoms with Crippen LogP contribution >= 0.6 is 0 Å². The van der Waals surface area contributed by atoms with Crippen molar-refractivity contribution in [2.75, 3.05) is 21.3 Å². The SMILES string of the molecule is COc1ccc2oc(-c3ccc(OC)c(OC)c3)cc(=NCc3cccnc3)c2c1. The van der Waals surface area contributed by atoms with Gasteiger partial charge in [0.2, 0.25) is 0 Å². The highest BCUT2D eigenvalue weighted by Crippen LogP contribution is 2.33. The molecule has 0 atom stereocenters. The predicted octanol–water partition coefficient (Wildman–Crippen LogP) is 4.62. The number of methoxy groups -OCH3 is 3. The number of fused-ring (bicyclic) bond motifs is 1. The first-order chi connectivity index (χ1) is 14.7. The van der Waals surface area contributed by atoms with Gasteiger partial charge in [-0.05, 0) is 48.0 Å². The second-order valence-electron chi connectivity index (χ2n) is 6.61. The third-order valence-electron chi connectivity index (χ3n) is 4.77. The van der Waals surface area contributed by atoms with Gasteiger partial charge in [0.05, 0.1) is 33.2 Å². The van der Waals surface area contributed by atoms with Crippen molar-refractivity contribution in [1.82, 2.24) is 4.98 Å². The van der Waals surface area contributed by atoms with Gasteiger partial charge in [0.25, 0.3) is 0 Å². The first-order valence-electron chi connectivity index (χ1n) is 9.45.